The number of hydrogen-bond donors (Lipinski definition) is 1. The van der Waals surface area contributed by atoms with Crippen LogP contribution in [-0.2, 0) is 9.59 Å². The number of amides is 2. The van der Waals surface area contributed by atoms with Crippen LogP contribution < -0.4 is 5.32 Å². The number of likely N-dealkylation sites (tertiary alicyclic amines) is 1. The molecule has 2 rings (SSSR count). The highest BCUT2D eigenvalue weighted by atomic mass is 16.2. The Balaban J connectivity index is 1.61. The molecule has 0 spiro atoms. The number of carbonyl (C=O) groups is 3. The normalized spacial score (nSPS) is 14.3. The first-order valence-electron chi connectivity index (χ1n) is 8.29. The van der Waals surface area contributed by atoms with Crippen LogP contribution in [0.2, 0.25) is 0 Å². The Morgan fingerprint density at radius 2 is 1.61 bits per heavy atom. The Morgan fingerprint density at radius 3 is 2.30 bits per heavy atom. The summed E-state index contributed by atoms with van der Waals surface area (Å²) in [4.78, 5) is 37.5. The van der Waals surface area contributed by atoms with E-state index in [1.165, 1.54) is 6.42 Å². The Hall–Kier alpha value is -2.17. The van der Waals surface area contributed by atoms with Crippen LogP contribution >= 0.6 is 0 Å². The van der Waals surface area contributed by atoms with E-state index in [0.717, 1.165) is 25.9 Å². The third kappa shape index (κ3) is 5.85. The average Bonchev–Trinajstić information content (AvgIpc) is 2.61. The van der Waals surface area contributed by atoms with Crippen LogP contribution in [0.5, 0.6) is 0 Å². The van der Waals surface area contributed by atoms with Gasteiger partial charge in [0.15, 0.2) is 5.78 Å². The number of carbonyl (C=O) groups excluding carboxylic acids is 3. The fraction of sp³-hybridized carbons (Fsp3) is 0.500. The summed E-state index contributed by atoms with van der Waals surface area (Å²) in [7, 11) is 0. The molecule has 2 amide bonds. The van der Waals surface area contributed by atoms with Crippen molar-refractivity contribution >= 4 is 17.6 Å². The minimum Gasteiger partial charge on any atom is -0.356 e. The molecule has 1 N–H and O–H groups in total. The van der Waals surface area contributed by atoms with Gasteiger partial charge < -0.3 is 10.2 Å². The highest BCUT2D eigenvalue weighted by Gasteiger charge is 2.16. The van der Waals surface area contributed by atoms with Gasteiger partial charge in [0, 0.05) is 44.5 Å². The van der Waals surface area contributed by atoms with E-state index < -0.39 is 0 Å². The first-order chi connectivity index (χ1) is 11.2. The quantitative estimate of drug-likeness (QED) is 0.784. The maximum Gasteiger partial charge on any atom is 0.224 e. The summed E-state index contributed by atoms with van der Waals surface area (Å²) in [6.07, 6.45) is 4.01. The Kier molecular flexibility index (Phi) is 6.78. The van der Waals surface area contributed by atoms with Crippen molar-refractivity contribution in [2.24, 2.45) is 0 Å². The summed E-state index contributed by atoms with van der Waals surface area (Å²) in [5.41, 5.74) is 0.626. The van der Waals surface area contributed by atoms with Gasteiger partial charge in [-0.05, 0) is 19.3 Å². The number of piperidine rings is 1. The van der Waals surface area contributed by atoms with Gasteiger partial charge in [-0.15, -0.1) is 0 Å². The molecule has 1 aliphatic heterocycles. The van der Waals surface area contributed by atoms with Crippen molar-refractivity contribution in [3.05, 3.63) is 35.9 Å². The standard InChI is InChI=1S/C18H24N2O3/c21-16(15-7-3-1-4-8-15)9-10-17(22)19-12-11-18(23)20-13-5-2-6-14-20/h1,3-4,7-8H,2,5-6,9-14H2,(H,19,22). The van der Waals surface area contributed by atoms with E-state index in [2.05, 4.69) is 5.32 Å². The minimum absolute atomic E-state index is 0.0369. The number of nitrogens with zero attached hydrogens (tertiary/aromatic N) is 1. The molecule has 0 atom stereocenters. The van der Waals surface area contributed by atoms with Crippen LogP contribution in [0.4, 0.5) is 0 Å². The number of rotatable bonds is 7. The van der Waals surface area contributed by atoms with E-state index >= 15 is 0 Å². The van der Waals surface area contributed by atoms with Crippen molar-refractivity contribution in [1.82, 2.24) is 10.2 Å². The summed E-state index contributed by atoms with van der Waals surface area (Å²) < 4.78 is 0. The predicted octanol–water partition coefficient (Wildman–Crippen LogP) is 2.17. The molecule has 0 radical (unpaired) electrons. The van der Waals surface area contributed by atoms with Gasteiger partial charge in [0.25, 0.3) is 0 Å². The Morgan fingerprint density at radius 1 is 0.913 bits per heavy atom. The molecule has 1 aliphatic rings. The van der Waals surface area contributed by atoms with Crippen LogP contribution in [0.15, 0.2) is 30.3 Å². The number of ketones is 1. The zero-order valence-corrected chi connectivity index (χ0v) is 13.4. The fourth-order valence-corrected chi connectivity index (χ4v) is 2.69. The van der Waals surface area contributed by atoms with Crippen molar-refractivity contribution in [2.75, 3.05) is 19.6 Å². The molecule has 1 saturated heterocycles. The molecule has 0 saturated carbocycles. The fourth-order valence-electron chi connectivity index (χ4n) is 2.69. The molecular formula is C18H24N2O3. The molecule has 1 aromatic rings. The third-order valence-corrected chi connectivity index (χ3v) is 4.04. The summed E-state index contributed by atoms with van der Waals surface area (Å²) in [6, 6.07) is 8.96. The van der Waals surface area contributed by atoms with Crippen LogP contribution in [-0.4, -0.2) is 42.1 Å². The van der Waals surface area contributed by atoms with Gasteiger partial charge in [-0.3, -0.25) is 14.4 Å². The van der Waals surface area contributed by atoms with Gasteiger partial charge in [0.2, 0.25) is 11.8 Å². The van der Waals surface area contributed by atoms with Gasteiger partial charge in [-0.1, -0.05) is 30.3 Å². The maximum atomic E-state index is 12.0. The highest BCUT2D eigenvalue weighted by molar-refractivity contribution is 5.97. The lowest BCUT2D eigenvalue weighted by Crippen LogP contribution is -2.37. The van der Waals surface area contributed by atoms with Crippen molar-refractivity contribution in [2.45, 2.75) is 38.5 Å². The smallest absolute Gasteiger partial charge is 0.224 e. The Bertz CT molecular complexity index is 536. The summed E-state index contributed by atoms with van der Waals surface area (Å²) >= 11 is 0. The predicted molar refractivity (Wildman–Crippen MR) is 88.1 cm³/mol. The number of hydrogen-bond acceptors (Lipinski definition) is 3. The van der Waals surface area contributed by atoms with Gasteiger partial charge in [-0.25, -0.2) is 0 Å². The van der Waals surface area contributed by atoms with E-state index in [1.807, 2.05) is 11.0 Å². The summed E-state index contributed by atoms with van der Waals surface area (Å²) in [6.45, 7) is 2.00. The maximum absolute atomic E-state index is 12.0. The molecule has 1 heterocycles. The first-order valence-corrected chi connectivity index (χ1v) is 8.29. The molecular weight excluding hydrogens is 292 g/mol. The van der Waals surface area contributed by atoms with Crippen LogP contribution in [0.3, 0.4) is 0 Å². The summed E-state index contributed by atoms with van der Waals surface area (Å²) in [5.74, 6) is -0.115. The second kappa shape index (κ2) is 9.08. The molecule has 23 heavy (non-hydrogen) atoms. The topological polar surface area (TPSA) is 66.5 Å². The minimum atomic E-state index is -0.180. The van der Waals surface area contributed by atoms with Gasteiger partial charge in [-0.2, -0.15) is 0 Å². The Labute approximate surface area is 137 Å². The van der Waals surface area contributed by atoms with Crippen molar-refractivity contribution < 1.29 is 14.4 Å². The van der Waals surface area contributed by atoms with E-state index in [1.54, 1.807) is 24.3 Å². The first kappa shape index (κ1) is 17.2. The molecule has 5 heteroatoms. The van der Waals surface area contributed by atoms with Crippen molar-refractivity contribution in [1.29, 1.82) is 0 Å². The number of nitrogens with one attached hydrogen (secondary N) is 1. The monoisotopic (exact) mass is 316 g/mol. The lowest BCUT2D eigenvalue weighted by molar-refractivity contribution is -0.132. The molecule has 0 aliphatic carbocycles. The van der Waals surface area contributed by atoms with Gasteiger partial charge in [0.1, 0.15) is 0 Å². The highest BCUT2D eigenvalue weighted by Crippen LogP contribution is 2.09. The zero-order chi connectivity index (χ0) is 16.5. The van der Waals surface area contributed by atoms with Gasteiger partial charge in [0.05, 0.1) is 0 Å². The molecule has 0 aromatic heterocycles. The number of Topliss-reactive ketones (excluding diaryl/α,β-unsaturated/α-hetero) is 1. The van der Waals surface area contributed by atoms with Crippen LogP contribution in [0.1, 0.15) is 48.9 Å². The van der Waals surface area contributed by atoms with Crippen LogP contribution in [0, 0.1) is 0 Å². The average molecular weight is 316 g/mol. The largest absolute Gasteiger partial charge is 0.356 e. The van der Waals surface area contributed by atoms with E-state index in [4.69, 9.17) is 0 Å². The van der Waals surface area contributed by atoms with E-state index in [0.29, 0.717) is 18.5 Å². The zero-order valence-electron chi connectivity index (χ0n) is 13.4. The SMILES string of the molecule is O=C(CCC(=O)c1ccccc1)NCCC(=O)N1CCCCC1. The summed E-state index contributed by atoms with van der Waals surface area (Å²) in [5, 5.41) is 2.72. The van der Waals surface area contributed by atoms with Gasteiger partial charge >= 0.3 is 0 Å². The lowest BCUT2D eigenvalue weighted by Gasteiger charge is -2.26. The molecule has 124 valence electrons. The second-order valence-electron chi connectivity index (χ2n) is 5.83. The van der Waals surface area contributed by atoms with E-state index in [9.17, 15) is 14.4 Å². The van der Waals surface area contributed by atoms with E-state index in [-0.39, 0.29) is 30.4 Å². The molecule has 1 aromatic carbocycles. The number of benzene rings is 1. The molecule has 5 nitrogen and oxygen atoms in total. The van der Waals surface area contributed by atoms with Crippen molar-refractivity contribution in [3.8, 4) is 0 Å². The third-order valence-electron chi connectivity index (χ3n) is 4.04. The molecule has 0 bridgehead atoms. The molecule has 0 unspecified atom stereocenters. The molecule has 1 fully saturated rings. The second-order valence-corrected chi connectivity index (χ2v) is 5.83. The lowest BCUT2D eigenvalue weighted by atomic mass is 10.1. The van der Waals surface area contributed by atoms with Crippen molar-refractivity contribution in [3.63, 3.8) is 0 Å². The van der Waals surface area contributed by atoms with Crippen LogP contribution in [0.25, 0.3) is 0 Å².